The second kappa shape index (κ2) is 7.22. The second-order valence-corrected chi connectivity index (χ2v) is 4.02. The number of allylic oxidation sites excluding steroid dienone is 2. The van der Waals surface area contributed by atoms with E-state index in [0.29, 0.717) is 0 Å². The molecule has 1 heterocycles. The molecule has 1 nitrogen and oxygen atoms in total. The lowest BCUT2D eigenvalue weighted by molar-refractivity contribution is -0.696. The van der Waals surface area contributed by atoms with Crippen molar-refractivity contribution in [3.05, 3.63) is 42.2 Å². The van der Waals surface area contributed by atoms with Crippen LogP contribution in [0.15, 0.2) is 36.7 Å². The Hall–Kier alpha value is -1.11. The van der Waals surface area contributed by atoms with E-state index in [1.54, 1.807) is 0 Å². The minimum atomic E-state index is 1.09. The number of hydrogen-bond acceptors (Lipinski definition) is 0. The zero-order valence-electron chi connectivity index (χ0n) is 9.95. The van der Waals surface area contributed by atoms with E-state index < -0.39 is 0 Å². The Bertz CT molecular complexity index is 302. The molecule has 0 saturated carbocycles. The van der Waals surface area contributed by atoms with Crippen molar-refractivity contribution >= 4 is 0 Å². The lowest BCUT2D eigenvalue weighted by Gasteiger charge is -1.94. The number of unbranched alkanes of at least 4 members (excludes halogenated alkanes) is 2. The summed E-state index contributed by atoms with van der Waals surface area (Å²) >= 11 is 0. The Kier molecular flexibility index (Phi) is 5.76. The summed E-state index contributed by atoms with van der Waals surface area (Å²) in [6.07, 6.45) is 13.9. The molecule has 0 N–H and O–H groups in total. The molecule has 0 atom stereocenters. The molecule has 1 rings (SSSR count). The molecule has 0 aromatic carbocycles. The van der Waals surface area contributed by atoms with Crippen LogP contribution in [0.4, 0.5) is 0 Å². The third kappa shape index (κ3) is 5.36. The number of aryl methyl sites for hydroxylation is 2. The molecule has 0 aliphatic carbocycles. The molecule has 1 heteroatoms. The van der Waals surface area contributed by atoms with Gasteiger partial charge in [-0.3, -0.25) is 0 Å². The summed E-state index contributed by atoms with van der Waals surface area (Å²) < 4.78 is 2.25. The van der Waals surface area contributed by atoms with E-state index in [0.717, 1.165) is 13.0 Å². The van der Waals surface area contributed by atoms with Crippen LogP contribution in [-0.2, 0) is 6.54 Å². The van der Waals surface area contributed by atoms with Gasteiger partial charge < -0.3 is 0 Å². The summed E-state index contributed by atoms with van der Waals surface area (Å²) in [5, 5.41) is 0. The Labute approximate surface area is 93.5 Å². The number of pyridine rings is 1. The number of hydrogen-bond donors (Lipinski definition) is 0. The number of aromatic nitrogens is 1. The lowest BCUT2D eigenvalue weighted by atomic mass is 10.2. The van der Waals surface area contributed by atoms with E-state index in [9.17, 15) is 0 Å². The first-order valence-corrected chi connectivity index (χ1v) is 5.93. The molecule has 1 aromatic rings. The molecule has 0 radical (unpaired) electrons. The maximum atomic E-state index is 2.31. The topological polar surface area (TPSA) is 3.88 Å². The second-order valence-electron chi connectivity index (χ2n) is 4.02. The maximum absolute atomic E-state index is 2.31. The number of nitrogens with zero attached hydrogens (tertiary/aromatic N) is 1. The van der Waals surface area contributed by atoms with E-state index in [-0.39, 0.29) is 0 Å². The van der Waals surface area contributed by atoms with Crippen molar-refractivity contribution in [1.29, 1.82) is 0 Å². The SMILES string of the molecule is CCCCC=CCC[n+]1cccc(C)c1. The van der Waals surface area contributed by atoms with Gasteiger partial charge in [-0.2, -0.15) is 0 Å². The summed E-state index contributed by atoms with van der Waals surface area (Å²) in [6, 6.07) is 4.24. The fraction of sp³-hybridized carbons (Fsp3) is 0.500. The Morgan fingerprint density at radius 1 is 1.27 bits per heavy atom. The molecule has 0 spiro atoms. The van der Waals surface area contributed by atoms with Crippen molar-refractivity contribution in [2.75, 3.05) is 0 Å². The van der Waals surface area contributed by atoms with Crippen molar-refractivity contribution in [3.8, 4) is 0 Å². The van der Waals surface area contributed by atoms with Gasteiger partial charge in [-0.25, -0.2) is 4.57 Å². The highest BCUT2D eigenvalue weighted by molar-refractivity contribution is 5.01. The monoisotopic (exact) mass is 204 g/mol. The predicted molar refractivity (Wildman–Crippen MR) is 64.7 cm³/mol. The third-order valence-electron chi connectivity index (χ3n) is 2.45. The van der Waals surface area contributed by atoms with Gasteiger partial charge in [0.2, 0.25) is 0 Å². The molecule has 1 aromatic heterocycles. The van der Waals surface area contributed by atoms with Gasteiger partial charge in [0.1, 0.15) is 0 Å². The smallest absolute Gasteiger partial charge is 0.171 e. The van der Waals surface area contributed by atoms with Crippen LogP contribution in [0.25, 0.3) is 0 Å². The summed E-state index contributed by atoms with van der Waals surface area (Å²) in [5.74, 6) is 0. The Balaban J connectivity index is 2.22. The van der Waals surface area contributed by atoms with Crippen molar-refractivity contribution in [2.45, 2.75) is 46.1 Å². The van der Waals surface area contributed by atoms with E-state index in [2.05, 4.69) is 55.1 Å². The zero-order valence-corrected chi connectivity index (χ0v) is 9.95. The van der Waals surface area contributed by atoms with Gasteiger partial charge in [-0.15, -0.1) is 0 Å². The Morgan fingerprint density at radius 2 is 2.07 bits per heavy atom. The largest absolute Gasteiger partial charge is 0.205 e. The van der Waals surface area contributed by atoms with Gasteiger partial charge in [0.25, 0.3) is 0 Å². The highest BCUT2D eigenvalue weighted by atomic mass is 14.9. The molecule has 0 amide bonds. The van der Waals surface area contributed by atoms with Crippen molar-refractivity contribution in [3.63, 3.8) is 0 Å². The van der Waals surface area contributed by atoms with Crippen LogP contribution in [0.5, 0.6) is 0 Å². The minimum absolute atomic E-state index is 1.09. The van der Waals surface area contributed by atoms with Gasteiger partial charge >= 0.3 is 0 Å². The van der Waals surface area contributed by atoms with E-state index in [1.807, 2.05) is 0 Å². The molecule has 0 fully saturated rings. The van der Waals surface area contributed by atoms with Crippen LogP contribution in [0.2, 0.25) is 0 Å². The average molecular weight is 204 g/mol. The van der Waals surface area contributed by atoms with Crippen LogP contribution in [-0.4, -0.2) is 0 Å². The van der Waals surface area contributed by atoms with E-state index >= 15 is 0 Å². The summed E-state index contributed by atoms with van der Waals surface area (Å²) in [6.45, 7) is 5.45. The summed E-state index contributed by atoms with van der Waals surface area (Å²) in [5.41, 5.74) is 1.33. The van der Waals surface area contributed by atoms with E-state index in [1.165, 1.54) is 24.8 Å². The predicted octanol–water partition coefficient (Wildman–Crippen LogP) is 3.42. The van der Waals surface area contributed by atoms with Gasteiger partial charge in [-0.05, 0) is 19.4 Å². The molecule has 15 heavy (non-hydrogen) atoms. The fourth-order valence-electron chi connectivity index (χ4n) is 1.57. The van der Waals surface area contributed by atoms with Crippen LogP contribution < -0.4 is 4.57 Å². The highest BCUT2D eigenvalue weighted by Gasteiger charge is 1.96. The molecule has 82 valence electrons. The normalized spacial score (nSPS) is 11.1. The maximum Gasteiger partial charge on any atom is 0.171 e. The first-order valence-electron chi connectivity index (χ1n) is 5.93. The average Bonchev–Trinajstić information content (AvgIpc) is 2.23. The first kappa shape index (κ1) is 12.0. The molecular weight excluding hydrogens is 182 g/mol. The standard InChI is InChI=1S/C14H22N/c1-3-4-5-6-7-8-11-15-12-9-10-14(2)13-15/h6-7,9-10,12-13H,3-5,8,11H2,1-2H3/q+1. The van der Waals surface area contributed by atoms with Gasteiger partial charge in [0.15, 0.2) is 18.9 Å². The van der Waals surface area contributed by atoms with Crippen LogP contribution in [0, 0.1) is 6.92 Å². The van der Waals surface area contributed by atoms with Crippen molar-refractivity contribution in [2.24, 2.45) is 0 Å². The summed E-state index contributed by atoms with van der Waals surface area (Å²) in [7, 11) is 0. The molecule has 0 unspecified atom stereocenters. The van der Waals surface area contributed by atoms with Crippen molar-refractivity contribution < 1.29 is 4.57 Å². The molecule has 0 saturated heterocycles. The zero-order chi connectivity index (χ0) is 10.9. The molecular formula is C14H22N+. The molecule has 0 bridgehead atoms. The number of rotatable bonds is 6. The van der Waals surface area contributed by atoms with Gasteiger partial charge in [-0.1, -0.05) is 31.9 Å². The molecule has 0 aliphatic rings. The van der Waals surface area contributed by atoms with Gasteiger partial charge in [0.05, 0.1) is 0 Å². The molecule has 0 aliphatic heterocycles. The van der Waals surface area contributed by atoms with Gasteiger partial charge in [0, 0.05) is 18.1 Å². The summed E-state index contributed by atoms with van der Waals surface area (Å²) in [4.78, 5) is 0. The van der Waals surface area contributed by atoms with Crippen LogP contribution in [0.1, 0.15) is 38.2 Å². The van der Waals surface area contributed by atoms with E-state index in [4.69, 9.17) is 0 Å². The van der Waals surface area contributed by atoms with Crippen LogP contribution >= 0.6 is 0 Å². The third-order valence-corrected chi connectivity index (χ3v) is 2.45. The quantitative estimate of drug-likeness (QED) is 0.380. The first-order chi connectivity index (χ1) is 7.33. The highest BCUT2D eigenvalue weighted by Crippen LogP contribution is 1.96. The van der Waals surface area contributed by atoms with Crippen LogP contribution in [0.3, 0.4) is 0 Å². The minimum Gasteiger partial charge on any atom is -0.205 e. The van der Waals surface area contributed by atoms with Crippen molar-refractivity contribution in [1.82, 2.24) is 0 Å². The lowest BCUT2D eigenvalue weighted by Crippen LogP contribution is -2.32. The Morgan fingerprint density at radius 3 is 2.80 bits per heavy atom. The fourth-order valence-corrected chi connectivity index (χ4v) is 1.57.